The average Bonchev–Trinajstić information content (AvgIpc) is 3.33. The predicted molar refractivity (Wildman–Crippen MR) is 163 cm³/mol. The molecule has 0 bridgehead atoms. The van der Waals surface area contributed by atoms with E-state index in [2.05, 4.69) is 75.6 Å². The number of carbonyl (C=O) groups is 2. The molecule has 0 amide bonds. The van der Waals surface area contributed by atoms with Crippen molar-refractivity contribution in [3.05, 3.63) is 111 Å². The lowest BCUT2D eigenvalue weighted by atomic mass is 10.0. The summed E-state index contributed by atoms with van der Waals surface area (Å²) in [6, 6.07) is 18.3. The SMILES string of the molecule is COC(=O)/C=C(/OC(=C1N(c2c(C)cc(C)cc2C)CCN1c1c(C)cc(C)cc1C)c1ccccc1)C(=O)OC. The van der Waals surface area contributed by atoms with Crippen LogP contribution in [0.5, 0.6) is 0 Å². The number of nitrogens with zero attached hydrogens (tertiary/aromatic N) is 2. The van der Waals surface area contributed by atoms with Crippen LogP contribution in [-0.4, -0.2) is 39.2 Å². The normalized spacial score (nSPS) is 13.4. The van der Waals surface area contributed by atoms with E-state index in [1.54, 1.807) is 0 Å². The van der Waals surface area contributed by atoms with Gasteiger partial charge in [0.1, 0.15) is 0 Å². The Bertz CT molecular complexity index is 1420. The summed E-state index contributed by atoms with van der Waals surface area (Å²) < 4.78 is 16.2. The number of hydrogen-bond acceptors (Lipinski definition) is 7. The van der Waals surface area contributed by atoms with Gasteiger partial charge in [0, 0.05) is 30.0 Å². The highest BCUT2D eigenvalue weighted by molar-refractivity contribution is 5.96. The fourth-order valence-corrected chi connectivity index (χ4v) is 5.76. The van der Waals surface area contributed by atoms with E-state index in [0.29, 0.717) is 18.8 Å². The summed E-state index contributed by atoms with van der Waals surface area (Å²) in [4.78, 5) is 29.6. The van der Waals surface area contributed by atoms with Crippen LogP contribution in [0.3, 0.4) is 0 Å². The Kier molecular flexibility index (Phi) is 8.86. The van der Waals surface area contributed by atoms with Crippen LogP contribution < -0.4 is 9.80 Å². The highest BCUT2D eigenvalue weighted by Gasteiger charge is 2.36. The summed E-state index contributed by atoms with van der Waals surface area (Å²) in [5.74, 6) is -0.597. The molecule has 0 radical (unpaired) electrons. The second-order valence-corrected chi connectivity index (χ2v) is 10.4. The highest BCUT2D eigenvalue weighted by atomic mass is 16.6. The van der Waals surface area contributed by atoms with Crippen LogP contribution in [0.1, 0.15) is 38.9 Å². The molecule has 7 nitrogen and oxygen atoms in total. The van der Waals surface area contributed by atoms with Crippen molar-refractivity contribution in [1.82, 2.24) is 0 Å². The Labute approximate surface area is 242 Å². The van der Waals surface area contributed by atoms with Crippen LogP contribution in [0.4, 0.5) is 11.4 Å². The van der Waals surface area contributed by atoms with Gasteiger partial charge < -0.3 is 24.0 Å². The van der Waals surface area contributed by atoms with Crippen LogP contribution in [0.15, 0.2) is 72.3 Å². The molecular weight excluding hydrogens is 516 g/mol. The van der Waals surface area contributed by atoms with E-state index in [1.807, 2.05) is 30.3 Å². The number of benzene rings is 3. The second kappa shape index (κ2) is 12.3. The van der Waals surface area contributed by atoms with Crippen molar-refractivity contribution in [2.45, 2.75) is 41.5 Å². The molecule has 3 aromatic rings. The van der Waals surface area contributed by atoms with Crippen LogP contribution in [-0.2, 0) is 23.8 Å². The van der Waals surface area contributed by atoms with Crippen LogP contribution in [0.2, 0.25) is 0 Å². The molecule has 1 fully saturated rings. The first-order valence-corrected chi connectivity index (χ1v) is 13.6. The minimum atomic E-state index is -0.786. The van der Waals surface area contributed by atoms with E-state index in [9.17, 15) is 9.59 Å². The van der Waals surface area contributed by atoms with Crippen molar-refractivity contribution in [2.24, 2.45) is 0 Å². The summed E-state index contributed by atoms with van der Waals surface area (Å²) in [6.07, 6.45) is 1.02. The number of carbonyl (C=O) groups excluding carboxylic acids is 2. The van der Waals surface area contributed by atoms with Gasteiger partial charge in [0.25, 0.3) is 0 Å². The maximum atomic E-state index is 12.9. The molecule has 41 heavy (non-hydrogen) atoms. The highest BCUT2D eigenvalue weighted by Crippen LogP contribution is 2.42. The van der Waals surface area contributed by atoms with Crippen molar-refractivity contribution >= 4 is 29.1 Å². The Morgan fingerprint density at radius 2 is 1.17 bits per heavy atom. The lowest BCUT2D eigenvalue weighted by Crippen LogP contribution is -2.27. The number of rotatable bonds is 7. The zero-order chi connectivity index (χ0) is 29.8. The maximum absolute atomic E-state index is 12.9. The van der Waals surface area contributed by atoms with Gasteiger partial charge >= 0.3 is 11.9 Å². The molecule has 1 aliphatic rings. The fourth-order valence-electron chi connectivity index (χ4n) is 5.76. The minimum absolute atomic E-state index is 0.271. The summed E-state index contributed by atoms with van der Waals surface area (Å²) in [5, 5.41) is 0. The summed E-state index contributed by atoms with van der Waals surface area (Å²) in [7, 11) is 2.50. The van der Waals surface area contributed by atoms with Crippen LogP contribution in [0.25, 0.3) is 5.76 Å². The zero-order valence-corrected chi connectivity index (χ0v) is 25.1. The van der Waals surface area contributed by atoms with Gasteiger partial charge in [-0.15, -0.1) is 0 Å². The Hall–Kier alpha value is -4.52. The molecule has 3 aromatic carbocycles. The van der Waals surface area contributed by atoms with Crippen molar-refractivity contribution < 1.29 is 23.8 Å². The first kappa shape index (κ1) is 29.5. The van der Waals surface area contributed by atoms with Crippen LogP contribution in [0, 0.1) is 41.5 Å². The number of anilines is 2. The number of aryl methyl sites for hydroxylation is 6. The summed E-state index contributed by atoms with van der Waals surface area (Å²) >= 11 is 0. The third-order valence-corrected chi connectivity index (χ3v) is 7.16. The summed E-state index contributed by atoms with van der Waals surface area (Å²) in [5.41, 5.74) is 9.77. The Balaban J connectivity index is 2.08. The largest absolute Gasteiger partial charge is 0.466 e. The maximum Gasteiger partial charge on any atom is 0.374 e. The van der Waals surface area contributed by atoms with Crippen molar-refractivity contribution in [3.8, 4) is 0 Å². The predicted octanol–water partition coefficient (Wildman–Crippen LogP) is 6.44. The lowest BCUT2D eigenvalue weighted by molar-refractivity contribution is -0.140. The molecule has 0 aliphatic carbocycles. The number of hydrogen-bond donors (Lipinski definition) is 0. The van der Waals surface area contributed by atoms with Crippen LogP contribution >= 0.6 is 0 Å². The standard InChI is InChI=1S/C34H38N2O5/c1-21-16-23(3)30(24(4)17-21)35-14-15-36(31-25(5)18-22(2)19-26(31)6)33(35)32(27-12-10-9-11-13-27)41-28(34(38)40-8)20-29(37)39-7/h9-13,16-20H,14-15H2,1-8H3/b28-20+. The molecule has 0 spiro atoms. The Morgan fingerprint density at radius 1 is 0.707 bits per heavy atom. The van der Waals surface area contributed by atoms with Gasteiger partial charge in [0.15, 0.2) is 11.6 Å². The molecule has 1 heterocycles. The zero-order valence-electron chi connectivity index (χ0n) is 25.1. The molecule has 1 saturated heterocycles. The molecule has 1 aliphatic heterocycles. The smallest absolute Gasteiger partial charge is 0.374 e. The van der Waals surface area contributed by atoms with Gasteiger partial charge in [-0.2, -0.15) is 0 Å². The fraction of sp³-hybridized carbons (Fsp3) is 0.294. The molecule has 0 N–H and O–H groups in total. The van der Waals surface area contributed by atoms with E-state index in [0.717, 1.165) is 51.1 Å². The van der Waals surface area contributed by atoms with Gasteiger partial charge in [-0.1, -0.05) is 65.7 Å². The quantitative estimate of drug-likeness (QED) is 0.189. The van der Waals surface area contributed by atoms with E-state index >= 15 is 0 Å². The third-order valence-electron chi connectivity index (χ3n) is 7.16. The van der Waals surface area contributed by atoms with E-state index in [-0.39, 0.29) is 5.76 Å². The van der Waals surface area contributed by atoms with Crippen molar-refractivity contribution in [1.29, 1.82) is 0 Å². The van der Waals surface area contributed by atoms with E-state index < -0.39 is 11.9 Å². The molecule has 214 valence electrons. The van der Waals surface area contributed by atoms with Crippen molar-refractivity contribution in [2.75, 3.05) is 37.1 Å². The van der Waals surface area contributed by atoms with Gasteiger partial charge in [-0.25, -0.2) is 9.59 Å². The van der Waals surface area contributed by atoms with E-state index in [1.165, 1.54) is 25.3 Å². The monoisotopic (exact) mass is 554 g/mol. The van der Waals surface area contributed by atoms with Gasteiger partial charge in [-0.05, 0) is 63.8 Å². The molecule has 0 saturated carbocycles. The topological polar surface area (TPSA) is 68.3 Å². The van der Waals surface area contributed by atoms with Crippen molar-refractivity contribution in [3.63, 3.8) is 0 Å². The Morgan fingerprint density at radius 3 is 1.59 bits per heavy atom. The number of ether oxygens (including phenoxy) is 3. The number of esters is 2. The third kappa shape index (κ3) is 6.14. The molecule has 0 atom stereocenters. The average molecular weight is 555 g/mol. The number of methoxy groups -OCH3 is 2. The molecule has 0 aromatic heterocycles. The van der Waals surface area contributed by atoms with Gasteiger partial charge in [-0.3, -0.25) is 0 Å². The lowest BCUT2D eigenvalue weighted by Gasteiger charge is -2.31. The second-order valence-electron chi connectivity index (χ2n) is 10.4. The van der Waals surface area contributed by atoms with Gasteiger partial charge in [0.2, 0.25) is 5.76 Å². The molecule has 7 heteroatoms. The molecule has 4 rings (SSSR count). The minimum Gasteiger partial charge on any atom is -0.466 e. The van der Waals surface area contributed by atoms with E-state index in [4.69, 9.17) is 14.2 Å². The molecular formula is C34H38N2O5. The van der Waals surface area contributed by atoms with Gasteiger partial charge in [0.05, 0.1) is 20.3 Å². The summed E-state index contributed by atoms with van der Waals surface area (Å²) in [6.45, 7) is 14.0. The first-order chi connectivity index (χ1) is 19.5. The molecule has 0 unspecified atom stereocenters. The first-order valence-electron chi connectivity index (χ1n) is 13.6.